The molecule has 2 aliphatic heterocycles. The van der Waals surface area contributed by atoms with Crippen molar-refractivity contribution in [2.45, 2.75) is 6.42 Å². The van der Waals surface area contributed by atoms with E-state index in [1.54, 1.807) is 0 Å². The molecule has 3 nitrogen and oxygen atoms in total. The van der Waals surface area contributed by atoms with Gasteiger partial charge >= 0.3 is 0 Å². The van der Waals surface area contributed by atoms with Gasteiger partial charge in [-0.15, -0.1) is 24.8 Å². The summed E-state index contributed by atoms with van der Waals surface area (Å²) < 4.78 is 0. The molecule has 0 bridgehead atoms. The lowest BCUT2D eigenvalue weighted by molar-refractivity contribution is 0.456. The third kappa shape index (κ3) is 2.09. The molecular weight excluding hydrogens is 185 g/mol. The lowest BCUT2D eigenvalue weighted by Gasteiger charge is -2.15. The molecule has 64 valence electrons. The molecule has 2 rings (SSSR count). The Morgan fingerprint density at radius 2 is 2.27 bits per heavy atom. The highest BCUT2D eigenvalue weighted by atomic mass is 35.5. The van der Waals surface area contributed by atoms with Crippen molar-refractivity contribution in [3.8, 4) is 0 Å². The van der Waals surface area contributed by atoms with Crippen LogP contribution in [0, 0.1) is 0 Å². The summed E-state index contributed by atoms with van der Waals surface area (Å²) >= 11 is 0. The summed E-state index contributed by atoms with van der Waals surface area (Å²) in [6, 6.07) is 0. The molecule has 0 unspecified atom stereocenters. The zero-order chi connectivity index (χ0) is 6.10. The van der Waals surface area contributed by atoms with Crippen molar-refractivity contribution in [2.24, 2.45) is 4.99 Å². The van der Waals surface area contributed by atoms with E-state index >= 15 is 0 Å². The molecule has 2 aliphatic rings. The van der Waals surface area contributed by atoms with Crippen LogP contribution in [0.2, 0.25) is 0 Å². The quantitative estimate of drug-likeness (QED) is 0.625. The minimum Gasteiger partial charge on any atom is -0.271 e. The van der Waals surface area contributed by atoms with Crippen LogP contribution in [0.15, 0.2) is 17.3 Å². The van der Waals surface area contributed by atoms with Gasteiger partial charge in [-0.25, -0.2) is 5.43 Å². The number of amidine groups is 1. The van der Waals surface area contributed by atoms with Crippen molar-refractivity contribution in [3.05, 3.63) is 12.3 Å². The van der Waals surface area contributed by atoms with Crippen LogP contribution >= 0.6 is 24.8 Å². The fourth-order valence-electron chi connectivity index (χ4n) is 1.10. The first-order chi connectivity index (χ1) is 4.47. The zero-order valence-electron chi connectivity index (χ0n) is 5.99. The van der Waals surface area contributed by atoms with Gasteiger partial charge in [-0.3, -0.25) is 10.0 Å². The van der Waals surface area contributed by atoms with E-state index in [0.29, 0.717) is 0 Å². The Labute approximate surface area is 78.3 Å². The molecule has 0 aromatic carbocycles. The summed E-state index contributed by atoms with van der Waals surface area (Å²) in [7, 11) is 0. The molecule has 0 amide bonds. The second-order valence-electron chi connectivity index (χ2n) is 2.17. The number of halogens is 2. The number of nitrogens with one attached hydrogen (secondary N) is 1. The van der Waals surface area contributed by atoms with Crippen LogP contribution in [0.25, 0.3) is 0 Å². The fraction of sp³-hybridized carbons (Fsp3) is 0.500. The van der Waals surface area contributed by atoms with Crippen LogP contribution in [-0.4, -0.2) is 23.9 Å². The van der Waals surface area contributed by atoms with Crippen LogP contribution in [0.4, 0.5) is 0 Å². The Balaban J connectivity index is 0.000000500. The Kier molecular flexibility index (Phi) is 4.49. The molecule has 0 aromatic rings. The minimum atomic E-state index is 0. The van der Waals surface area contributed by atoms with Gasteiger partial charge in [0.1, 0.15) is 5.84 Å². The highest BCUT2D eigenvalue weighted by Gasteiger charge is 2.16. The van der Waals surface area contributed by atoms with E-state index in [1.807, 2.05) is 17.3 Å². The van der Waals surface area contributed by atoms with Gasteiger partial charge in [-0.2, -0.15) is 0 Å². The average molecular weight is 196 g/mol. The van der Waals surface area contributed by atoms with Crippen LogP contribution in [0.5, 0.6) is 0 Å². The molecule has 0 aliphatic carbocycles. The standard InChI is InChI=1S/C6H9N3.2ClH/c1-3-7-6-2-4-8-9(6)5-1;;/h1,5,8H,2-4H2;2*1H. The van der Waals surface area contributed by atoms with Crippen LogP contribution in [0.1, 0.15) is 6.42 Å². The van der Waals surface area contributed by atoms with Gasteiger partial charge in [0.15, 0.2) is 0 Å². The molecule has 0 saturated carbocycles. The number of hydrazine groups is 1. The normalized spacial score (nSPS) is 19.6. The molecule has 1 fully saturated rings. The average Bonchev–Trinajstić information content (AvgIpc) is 2.33. The third-order valence-corrected chi connectivity index (χ3v) is 1.54. The molecule has 2 heterocycles. The molecule has 0 atom stereocenters. The van der Waals surface area contributed by atoms with Crippen molar-refractivity contribution in [2.75, 3.05) is 13.1 Å². The minimum absolute atomic E-state index is 0. The van der Waals surface area contributed by atoms with Crippen LogP contribution in [-0.2, 0) is 0 Å². The molecule has 0 radical (unpaired) electrons. The van der Waals surface area contributed by atoms with Gasteiger partial charge in [-0.05, 0) is 6.08 Å². The summed E-state index contributed by atoms with van der Waals surface area (Å²) in [5.74, 6) is 1.18. The number of hydrogen-bond acceptors (Lipinski definition) is 3. The molecular formula is C6H11Cl2N3. The zero-order valence-corrected chi connectivity index (χ0v) is 7.62. The predicted octanol–water partition coefficient (Wildman–Crippen LogP) is 0.966. The molecule has 11 heavy (non-hydrogen) atoms. The summed E-state index contributed by atoms with van der Waals surface area (Å²) in [6.07, 6.45) is 5.15. The van der Waals surface area contributed by atoms with E-state index in [-0.39, 0.29) is 24.8 Å². The lowest BCUT2D eigenvalue weighted by Crippen LogP contribution is -2.30. The van der Waals surface area contributed by atoms with Gasteiger partial charge in [0, 0.05) is 19.2 Å². The Morgan fingerprint density at radius 3 is 3.00 bits per heavy atom. The summed E-state index contributed by atoms with van der Waals surface area (Å²) in [5.41, 5.74) is 3.17. The first kappa shape index (κ1) is 10.8. The number of nitrogens with zero attached hydrogens (tertiary/aromatic N) is 2. The monoisotopic (exact) mass is 195 g/mol. The summed E-state index contributed by atoms with van der Waals surface area (Å²) in [4.78, 5) is 4.28. The van der Waals surface area contributed by atoms with E-state index < -0.39 is 0 Å². The third-order valence-electron chi connectivity index (χ3n) is 1.54. The van der Waals surface area contributed by atoms with Gasteiger partial charge in [0.2, 0.25) is 0 Å². The molecule has 0 spiro atoms. The largest absolute Gasteiger partial charge is 0.271 e. The highest BCUT2D eigenvalue weighted by molar-refractivity contribution is 5.86. The van der Waals surface area contributed by atoms with Crippen LogP contribution in [0.3, 0.4) is 0 Å². The maximum atomic E-state index is 4.28. The number of hydrogen-bond donors (Lipinski definition) is 1. The van der Waals surface area contributed by atoms with Gasteiger partial charge < -0.3 is 0 Å². The number of rotatable bonds is 0. The van der Waals surface area contributed by atoms with Crippen molar-refractivity contribution < 1.29 is 0 Å². The van der Waals surface area contributed by atoms with E-state index in [1.165, 1.54) is 5.84 Å². The summed E-state index contributed by atoms with van der Waals surface area (Å²) in [6.45, 7) is 1.89. The van der Waals surface area contributed by atoms with E-state index in [2.05, 4.69) is 10.4 Å². The van der Waals surface area contributed by atoms with E-state index in [4.69, 9.17) is 0 Å². The maximum absolute atomic E-state index is 4.28. The molecule has 1 N–H and O–H groups in total. The number of aliphatic imine (C=N–C) groups is 1. The second kappa shape index (κ2) is 4.59. The first-order valence-electron chi connectivity index (χ1n) is 3.19. The maximum Gasteiger partial charge on any atom is 0.119 e. The Hall–Kier alpha value is -0.250. The molecule has 1 saturated heterocycles. The predicted molar refractivity (Wildman–Crippen MR) is 50.4 cm³/mol. The first-order valence-corrected chi connectivity index (χ1v) is 3.19. The van der Waals surface area contributed by atoms with E-state index in [0.717, 1.165) is 19.5 Å². The SMILES string of the molecule is C1=CN2NCCC2=NC1.Cl.Cl. The smallest absolute Gasteiger partial charge is 0.119 e. The van der Waals surface area contributed by atoms with Gasteiger partial charge in [-0.1, -0.05) is 0 Å². The topological polar surface area (TPSA) is 27.6 Å². The van der Waals surface area contributed by atoms with Crippen molar-refractivity contribution in [1.29, 1.82) is 0 Å². The summed E-state index contributed by atoms with van der Waals surface area (Å²) in [5, 5.41) is 1.99. The van der Waals surface area contributed by atoms with Crippen molar-refractivity contribution in [1.82, 2.24) is 10.4 Å². The van der Waals surface area contributed by atoms with Crippen LogP contribution < -0.4 is 5.43 Å². The Morgan fingerprint density at radius 1 is 1.45 bits per heavy atom. The molecule has 0 aromatic heterocycles. The Bertz CT molecular complexity index is 179. The highest BCUT2D eigenvalue weighted by Crippen LogP contribution is 2.05. The van der Waals surface area contributed by atoms with Gasteiger partial charge in [0.25, 0.3) is 0 Å². The molecule has 5 heteroatoms. The van der Waals surface area contributed by atoms with E-state index in [9.17, 15) is 0 Å². The van der Waals surface area contributed by atoms with Crippen molar-refractivity contribution >= 4 is 30.6 Å². The van der Waals surface area contributed by atoms with Crippen molar-refractivity contribution in [3.63, 3.8) is 0 Å². The van der Waals surface area contributed by atoms with Gasteiger partial charge in [0.05, 0.1) is 6.54 Å². The second-order valence-corrected chi connectivity index (χ2v) is 2.17. The lowest BCUT2D eigenvalue weighted by atomic mass is 10.4. The fourth-order valence-corrected chi connectivity index (χ4v) is 1.10. The number of fused-ring (bicyclic) bond motifs is 1.